The third-order valence-corrected chi connectivity index (χ3v) is 4.14. The lowest BCUT2D eigenvalue weighted by atomic mass is 9.94. The van der Waals surface area contributed by atoms with Crippen LogP contribution in [-0.2, 0) is 12.8 Å². The molecule has 0 saturated carbocycles. The average Bonchev–Trinajstić information content (AvgIpc) is 2.46. The number of hydrogen-bond donors (Lipinski definition) is 0. The number of nitriles is 1. The number of fused-ring (bicyclic) bond motifs is 1. The van der Waals surface area contributed by atoms with Gasteiger partial charge in [-0.3, -0.25) is 0 Å². The molecule has 1 aliphatic rings. The summed E-state index contributed by atoms with van der Waals surface area (Å²) < 4.78 is 0. The second kappa shape index (κ2) is 6.06. The van der Waals surface area contributed by atoms with Crippen molar-refractivity contribution in [3.8, 4) is 6.07 Å². The molecular formula is C16H23N3. The lowest BCUT2D eigenvalue weighted by molar-refractivity contribution is 0.614. The highest BCUT2D eigenvalue weighted by atomic mass is 15.2. The van der Waals surface area contributed by atoms with Crippen molar-refractivity contribution in [3.05, 3.63) is 22.9 Å². The normalized spacial score (nSPS) is 15.5. The molecule has 0 saturated heterocycles. The van der Waals surface area contributed by atoms with Gasteiger partial charge >= 0.3 is 0 Å². The fourth-order valence-corrected chi connectivity index (χ4v) is 2.81. The fraction of sp³-hybridized carbons (Fsp3) is 0.625. The van der Waals surface area contributed by atoms with E-state index in [9.17, 15) is 5.26 Å². The summed E-state index contributed by atoms with van der Waals surface area (Å²) in [6, 6.07) is 4.83. The maximum absolute atomic E-state index is 9.40. The van der Waals surface area contributed by atoms with Crippen LogP contribution < -0.4 is 4.90 Å². The molecule has 0 fully saturated rings. The summed E-state index contributed by atoms with van der Waals surface area (Å²) in [6.45, 7) is 7.41. The Balaban J connectivity index is 2.46. The van der Waals surface area contributed by atoms with Crippen molar-refractivity contribution in [2.75, 3.05) is 11.4 Å². The molecule has 2 rings (SSSR count). The molecule has 0 bridgehead atoms. The van der Waals surface area contributed by atoms with Crippen molar-refractivity contribution in [3.63, 3.8) is 0 Å². The first-order valence-corrected chi connectivity index (χ1v) is 7.40. The predicted molar refractivity (Wildman–Crippen MR) is 78.4 cm³/mol. The van der Waals surface area contributed by atoms with Crippen molar-refractivity contribution in [2.24, 2.45) is 0 Å². The number of aromatic nitrogens is 1. The Kier molecular flexibility index (Phi) is 4.42. The van der Waals surface area contributed by atoms with Gasteiger partial charge in [-0.05, 0) is 57.6 Å². The zero-order chi connectivity index (χ0) is 13.8. The summed E-state index contributed by atoms with van der Waals surface area (Å²) in [7, 11) is 0. The standard InChI is InChI=1S/C16H23N3/c1-4-12(3)19(5-2)16-14(11-17)10-13-8-6-7-9-15(13)18-16/h10,12H,4-9H2,1-3H3. The Bertz CT molecular complexity index is 488. The van der Waals surface area contributed by atoms with Crippen LogP contribution in [0.5, 0.6) is 0 Å². The van der Waals surface area contributed by atoms with Gasteiger partial charge in [0.15, 0.2) is 0 Å². The number of hydrogen-bond acceptors (Lipinski definition) is 3. The summed E-state index contributed by atoms with van der Waals surface area (Å²) in [5.74, 6) is 0.889. The molecule has 102 valence electrons. The van der Waals surface area contributed by atoms with Crippen LogP contribution in [0.25, 0.3) is 0 Å². The van der Waals surface area contributed by atoms with Crippen LogP contribution in [0.1, 0.15) is 56.9 Å². The molecule has 0 amide bonds. The first-order valence-electron chi connectivity index (χ1n) is 7.40. The third kappa shape index (κ3) is 2.73. The van der Waals surface area contributed by atoms with Gasteiger partial charge in [-0.15, -0.1) is 0 Å². The van der Waals surface area contributed by atoms with Crippen LogP contribution in [0, 0.1) is 11.3 Å². The predicted octanol–water partition coefficient (Wildman–Crippen LogP) is 3.46. The van der Waals surface area contributed by atoms with E-state index in [0.717, 1.165) is 37.2 Å². The molecule has 3 nitrogen and oxygen atoms in total. The summed E-state index contributed by atoms with van der Waals surface area (Å²) in [5.41, 5.74) is 3.23. The molecule has 1 heterocycles. The van der Waals surface area contributed by atoms with Crippen LogP contribution in [0.4, 0.5) is 5.82 Å². The minimum absolute atomic E-state index is 0.422. The minimum atomic E-state index is 0.422. The van der Waals surface area contributed by atoms with Crippen molar-refractivity contribution in [2.45, 2.75) is 58.9 Å². The van der Waals surface area contributed by atoms with Gasteiger partial charge in [0.1, 0.15) is 11.9 Å². The maximum atomic E-state index is 9.40. The molecule has 0 N–H and O–H groups in total. The second-order valence-electron chi connectivity index (χ2n) is 5.33. The Morgan fingerprint density at radius 3 is 2.74 bits per heavy atom. The van der Waals surface area contributed by atoms with Crippen molar-refractivity contribution >= 4 is 5.82 Å². The summed E-state index contributed by atoms with van der Waals surface area (Å²) >= 11 is 0. The van der Waals surface area contributed by atoms with E-state index in [4.69, 9.17) is 4.98 Å². The van der Waals surface area contributed by atoms with Gasteiger partial charge in [-0.2, -0.15) is 5.26 Å². The molecule has 1 aromatic heterocycles. The highest BCUT2D eigenvalue weighted by Crippen LogP contribution is 2.27. The van der Waals surface area contributed by atoms with Gasteiger partial charge in [-0.25, -0.2) is 4.98 Å². The molecule has 0 aromatic carbocycles. The highest BCUT2D eigenvalue weighted by Gasteiger charge is 2.20. The highest BCUT2D eigenvalue weighted by molar-refractivity contribution is 5.57. The zero-order valence-electron chi connectivity index (χ0n) is 12.2. The number of pyridine rings is 1. The topological polar surface area (TPSA) is 39.9 Å². The summed E-state index contributed by atoms with van der Waals surface area (Å²) in [5, 5.41) is 9.40. The molecule has 3 heteroatoms. The third-order valence-electron chi connectivity index (χ3n) is 4.14. The Hall–Kier alpha value is -1.56. The minimum Gasteiger partial charge on any atom is -0.353 e. The van der Waals surface area contributed by atoms with E-state index < -0.39 is 0 Å². The average molecular weight is 257 g/mol. The van der Waals surface area contributed by atoms with Gasteiger partial charge in [0.2, 0.25) is 0 Å². The summed E-state index contributed by atoms with van der Waals surface area (Å²) in [6.07, 6.45) is 5.65. The quantitative estimate of drug-likeness (QED) is 0.829. The summed E-state index contributed by atoms with van der Waals surface area (Å²) in [4.78, 5) is 7.09. The van der Waals surface area contributed by atoms with Crippen molar-refractivity contribution < 1.29 is 0 Å². The number of aryl methyl sites for hydroxylation is 2. The van der Waals surface area contributed by atoms with Gasteiger partial charge in [0.25, 0.3) is 0 Å². The molecule has 19 heavy (non-hydrogen) atoms. The SMILES string of the molecule is CCC(C)N(CC)c1nc2c(cc1C#N)CCCC2. The zero-order valence-corrected chi connectivity index (χ0v) is 12.2. The molecule has 1 aliphatic carbocycles. The number of anilines is 1. The van der Waals surface area contributed by atoms with E-state index in [-0.39, 0.29) is 0 Å². The van der Waals surface area contributed by atoms with E-state index >= 15 is 0 Å². The number of rotatable bonds is 4. The monoisotopic (exact) mass is 257 g/mol. The van der Waals surface area contributed by atoms with Gasteiger partial charge in [-0.1, -0.05) is 6.92 Å². The van der Waals surface area contributed by atoms with Crippen LogP contribution in [-0.4, -0.2) is 17.6 Å². The van der Waals surface area contributed by atoms with E-state index in [1.807, 2.05) is 0 Å². The Morgan fingerprint density at radius 1 is 1.37 bits per heavy atom. The van der Waals surface area contributed by atoms with Gasteiger partial charge < -0.3 is 4.90 Å². The Labute approximate surface area is 116 Å². The largest absolute Gasteiger partial charge is 0.353 e. The molecule has 0 aliphatic heterocycles. The molecule has 0 spiro atoms. The fourth-order valence-electron chi connectivity index (χ4n) is 2.81. The first-order chi connectivity index (χ1) is 9.21. The lowest BCUT2D eigenvalue weighted by Crippen LogP contribution is -2.34. The van der Waals surface area contributed by atoms with Crippen LogP contribution in [0.2, 0.25) is 0 Å². The lowest BCUT2D eigenvalue weighted by Gasteiger charge is -2.30. The van der Waals surface area contributed by atoms with Crippen LogP contribution in [0.15, 0.2) is 6.07 Å². The van der Waals surface area contributed by atoms with E-state index in [1.54, 1.807) is 0 Å². The van der Waals surface area contributed by atoms with E-state index in [1.165, 1.54) is 24.1 Å². The van der Waals surface area contributed by atoms with Gasteiger partial charge in [0.05, 0.1) is 5.56 Å². The van der Waals surface area contributed by atoms with Crippen molar-refractivity contribution in [1.82, 2.24) is 4.98 Å². The van der Waals surface area contributed by atoms with Crippen LogP contribution >= 0.6 is 0 Å². The van der Waals surface area contributed by atoms with E-state index in [2.05, 4.69) is 37.8 Å². The molecule has 1 aromatic rings. The number of nitrogens with zero attached hydrogens (tertiary/aromatic N) is 3. The van der Waals surface area contributed by atoms with E-state index in [0.29, 0.717) is 6.04 Å². The van der Waals surface area contributed by atoms with Crippen LogP contribution in [0.3, 0.4) is 0 Å². The molecule has 1 unspecified atom stereocenters. The molecule has 0 radical (unpaired) electrons. The Morgan fingerprint density at radius 2 is 2.11 bits per heavy atom. The van der Waals surface area contributed by atoms with Gasteiger partial charge in [0, 0.05) is 18.3 Å². The maximum Gasteiger partial charge on any atom is 0.147 e. The second-order valence-corrected chi connectivity index (χ2v) is 5.33. The first kappa shape index (κ1) is 13.9. The molecule has 1 atom stereocenters. The smallest absolute Gasteiger partial charge is 0.147 e. The molecular weight excluding hydrogens is 234 g/mol. The van der Waals surface area contributed by atoms with Crippen molar-refractivity contribution in [1.29, 1.82) is 5.26 Å².